The molecule has 1 aliphatic heterocycles. The van der Waals surface area contributed by atoms with E-state index in [1.807, 2.05) is 23.6 Å². The number of rotatable bonds is 6. The summed E-state index contributed by atoms with van der Waals surface area (Å²) in [5.74, 6) is 1.07. The lowest BCUT2D eigenvalue weighted by atomic mass is 9.97. The minimum atomic E-state index is -0.495. The van der Waals surface area contributed by atoms with Crippen molar-refractivity contribution < 1.29 is 19.1 Å². The van der Waals surface area contributed by atoms with Crippen molar-refractivity contribution in [3.63, 3.8) is 0 Å². The van der Waals surface area contributed by atoms with E-state index in [1.54, 1.807) is 13.8 Å². The van der Waals surface area contributed by atoms with Gasteiger partial charge < -0.3 is 20.1 Å². The number of ether oxygens (including phenoxy) is 2. The van der Waals surface area contributed by atoms with Crippen LogP contribution in [0, 0.1) is 6.92 Å². The molecule has 0 saturated heterocycles. The summed E-state index contributed by atoms with van der Waals surface area (Å²) in [6.07, 6.45) is 2.16. The van der Waals surface area contributed by atoms with Gasteiger partial charge in [0, 0.05) is 36.0 Å². The Balaban J connectivity index is 1.60. The molecule has 3 aromatic rings. The lowest BCUT2D eigenvalue weighted by molar-refractivity contribution is -0.119. The van der Waals surface area contributed by atoms with Crippen LogP contribution in [-0.2, 0) is 9.53 Å². The van der Waals surface area contributed by atoms with Crippen molar-refractivity contribution in [2.75, 3.05) is 18.5 Å². The van der Waals surface area contributed by atoms with Gasteiger partial charge in [-0.3, -0.25) is 4.79 Å². The fourth-order valence-electron chi connectivity index (χ4n) is 3.44. The lowest BCUT2D eigenvalue weighted by Gasteiger charge is -2.26. The first-order chi connectivity index (χ1) is 15.4. The number of nitrogens with zero attached hydrogens (tertiary/aromatic N) is 3. The monoisotopic (exact) mass is 453 g/mol. The Morgan fingerprint density at radius 1 is 1.31 bits per heavy atom. The van der Waals surface area contributed by atoms with Gasteiger partial charge in [-0.2, -0.15) is 0 Å². The molecule has 32 heavy (non-hydrogen) atoms. The number of benzene rings is 1. The SMILES string of the molecule is CCOC(=O)c1cnc(C)nc1Nc1nc(-c2ccc3c(c2)C(NC(C)=O)CCO3)cs1. The van der Waals surface area contributed by atoms with Crippen LogP contribution in [-0.4, -0.2) is 40.0 Å². The van der Waals surface area contributed by atoms with Gasteiger partial charge in [0.15, 0.2) is 10.9 Å². The Hall–Kier alpha value is -3.53. The highest BCUT2D eigenvalue weighted by molar-refractivity contribution is 7.14. The zero-order chi connectivity index (χ0) is 22.7. The Bertz CT molecular complexity index is 1160. The zero-order valence-corrected chi connectivity index (χ0v) is 18.8. The molecule has 1 aliphatic rings. The molecule has 0 aliphatic carbocycles. The molecule has 3 heterocycles. The summed E-state index contributed by atoms with van der Waals surface area (Å²) in [4.78, 5) is 36.9. The van der Waals surface area contributed by atoms with Crippen molar-refractivity contribution >= 4 is 34.2 Å². The number of amides is 1. The standard InChI is InChI=1S/C22H23N5O4S/c1-4-30-21(29)16-10-23-12(2)24-20(16)27-22-26-18(11-32-22)14-5-6-19-15(9-14)17(7-8-31-19)25-13(3)28/h5-6,9-11,17H,4,7-8H2,1-3H3,(H,25,28)(H,23,24,26,27). The van der Waals surface area contributed by atoms with Crippen LogP contribution in [0.1, 0.15) is 48.1 Å². The van der Waals surface area contributed by atoms with Gasteiger partial charge in [-0.1, -0.05) is 0 Å². The van der Waals surface area contributed by atoms with Crippen LogP contribution in [0.15, 0.2) is 29.8 Å². The smallest absolute Gasteiger partial charge is 0.343 e. The first-order valence-electron chi connectivity index (χ1n) is 10.2. The third-order valence-electron chi connectivity index (χ3n) is 4.86. The quantitative estimate of drug-likeness (QED) is 0.542. The number of aromatic nitrogens is 3. The van der Waals surface area contributed by atoms with E-state index in [1.165, 1.54) is 24.5 Å². The molecule has 0 radical (unpaired) electrons. The van der Waals surface area contributed by atoms with Crippen molar-refractivity contribution in [3.05, 3.63) is 46.7 Å². The zero-order valence-electron chi connectivity index (χ0n) is 18.0. The summed E-state index contributed by atoms with van der Waals surface area (Å²) in [7, 11) is 0. The molecule has 0 bridgehead atoms. The number of carbonyl (C=O) groups is 2. The van der Waals surface area contributed by atoms with Crippen LogP contribution in [0.25, 0.3) is 11.3 Å². The maximum absolute atomic E-state index is 12.2. The molecule has 1 unspecified atom stereocenters. The fourth-order valence-corrected chi connectivity index (χ4v) is 4.16. The molecule has 4 rings (SSSR count). The first kappa shape index (κ1) is 21.7. The number of esters is 1. The molecule has 2 aromatic heterocycles. The van der Waals surface area contributed by atoms with E-state index in [2.05, 4.69) is 25.6 Å². The summed E-state index contributed by atoms with van der Waals surface area (Å²) in [6.45, 7) is 5.82. The van der Waals surface area contributed by atoms with Crippen LogP contribution >= 0.6 is 11.3 Å². The minimum absolute atomic E-state index is 0.0778. The lowest BCUT2D eigenvalue weighted by Crippen LogP contribution is -2.30. The summed E-state index contributed by atoms with van der Waals surface area (Å²) >= 11 is 1.39. The molecule has 9 nitrogen and oxygen atoms in total. The van der Waals surface area contributed by atoms with Gasteiger partial charge in [-0.25, -0.2) is 19.7 Å². The largest absolute Gasteiger partial charge is 0.493 e. The molecule has 1 atom stereocenters. The number of aryl methyl sites for hydroxylation is 1. The van der Waals surface area contributed by atoms with Crippen molar-refractivity contribution in [3.8, 4) is 17.0 Å². The predicted octanol–water partition coefficient (Wildman–Crippen LogP) is 3.79. The maximum atomic E-state index is 12.2. The predicted molar refractivity (Wildman–Crippen MR) is 120 cm³/mol. The highest BCUT2D eigenvalue weighted by Crippen LogP contribution is 2.36. The number of nitrogens with one attached hydrogen (secondary N) is 2. The van der Waals surface area contributed by atoms with E-state index in [0.29, 0.717) is 29.8 Å². The van der Waals surface area contributed by atoms with Gasteiger partial charge >= 0.3 is 5.97 Å². The number of fused-ring (bicyclic) bond motifs is 1. The van der Waals surface area contributed by atoms with Crippen LogP contribution in [0.4, 0.5) is 10.9 Å². The van der Waals surface area contributed by atoms with E-state index >= 15 is 0 Å². The average Bonchev–Trinajstić information content (AvgIpc) is 3.22. The van der Waals surface area contributed by atoms with Crippen molar-refractivity contribution in [2.45, 2.75) is 33.2 Å². The van der Waals surface area contributed by atoms with Gasteiger partial charge in [0.2, 0.25) is 5.91 Å². The molecule has 0 spiro atoms. The average molecular weight is 454 g/mol. The first-order valence-corrected chi connectivity index (χ1v) is 11.1. The van der Waals surface area contributed by atoms with E-state index < -0.39 is 5.97 Å². The van der Waals surface area contributed by atoms with Crippen LogP contribution < -0.4 is 15.4 Å². The molecule has 0 fully saturated rings. The van der Waals surface area contributed by atoms with Crippen LogP contribution in [0.2, 0.25) is 0 Å². The summed E-state index contributed by atoms with van der Waals surface area (Å²) < 4.78 is 10.8. The van der Waals surface area contributed by atoms with Crippen LogP contribution in [0.3, 0.4) is 0 Å². The highest BCUT2D eigenvalue weighted by atomic mass is 32.1. The van der Waals surface area contributed by atoms with E-state index in [-0.39, 0.29) is 24.1 Å². The van der Waals surface area contributed by atoms with Crippen molar-refractivity contribution in [1.82, 2.24) is 20.3 Å². The summed E-state index contributed by atoms with van der Waals surface area (Å²) in [6, 6.07) is 5.74. The van der Waals surface area contributed by atoms with Crippen molar-refractivity contribution in [1.29, 1.82) is 0 Å². The second kappa shape index (κ2) is 9.31. The normalized spacial score (nSPS) is 14.8. The number of anilines is 2. The molecular formula is C22H23N5O4S. The maximum Gasteiger partial charge on any atom is 0.343 e. The van der Waals surface area contributed by atoms with Crippen molar-refractivity contribution in [2.24, 2.45) is 0 Å². The molecular weight excluding hydrogens is 430 g/mol. The second-order valence-electron chi connectivity index (χ2n) is 7.21. The topological polar surface area (TPSA) is 115 Å². The van der Waals surface area contributed by atoms with Gasteiger partial charge in [-0.05, 0) is 32.0 Å². The van der Waals surface area contributed by atoms with E-state index in [0.717, 1.165) is 22.6 Å². The van der Waals surface area contributed by atoms with Gasteiger partial charge in [0.25, 0.3) is 0 Å². The fraction of sp³-hybridized carbons (Fsp3) is 0.318. The molecule has 0 saturated carbocycles. The van der Waals surface area contributed by atoms with Gasteiger partial charge in [-0.15, -0.1) is 11.3 Å². The third-order valence-corrected chi connectivity index (χ3v) is 5.61. The second-order valence-corrected chi connectivity index (χ2v) is 8.06. The Labute approximate surface area is 189 Å². The minimum Gasteiger partial charge on any atom is -0.493 e. The number of thiazole rings is 1. The third kappa shape index (κ3) is 4.70. The highest BCUT2D eigenvalue weighted by Gasteiger charge is 2.23. The number of carbonyl (C=O) groups excluding carboxylic acids is 2. The molecule has 1 aromatic carbocycles. The van der Waals surface area contributed by atoms with Gasteiger partial charge in [0.1, 0.15) is 17.1 Å². The molecule has 1 amide bonds. The molecule has 166 valence electrons. The molecule has 2 N–H and O–H groups in total. The van der Waals surface area contributed by atoms with E-state index in [4.69, 9.17) is 9.47 Å². The Kier molecular flexibility index (Phi) is 6.31. The van der Waals surface area contributed by atoms with Crippen LogP contribution in [0.5, 0.6) is 5.75 Å². The Morgan fingerprint density at radius 2 is 2.16 bits per heavy atom. The molecule has 10 heteroatoms. The summed E-state index contributed by atoms with van der Waals surface area (Å²) in [5, 5.41) is 8.59. The number of hydrogen-bond donors (Lipinski definition) is 2. The van der Waals surface area contributed by atoms with E-state index in [9.17, 15) is 9.59 Å². The number of hydrogen-bond acceptors (Lipinski definition) is 9. The van der Waals surface area contributed by atoms with Gasteiger partial charge in [0.05, 0.1) is 24.9 Å². The Morgan fingerprint density at radius 3 is 2.94 bits per heavy atom. The summed E-state index contributed by atoms with van der Waals surface area (Å²) in [5.41, 5.74) is 2.84.